The number of hydrogen-bond donors (Lipinski definition) is 1. The number of hydrogen-bond acceptors (Lipinski definition) is 2. The molecule has 1 aromatic carbocycles. The quantitative estimate of drug-likeness (QED) is 0.847. The summed E-state index contributed by atoms with van der Waals surface area (Å²) in [5.41, 5.74) is 7.01. The van der Waals surface area contributed by atoms with Crippen LogP contribution in [0, 0.1) is 5.92 Å². The molecular formula is C14H22N2O. The summed E-state index contributed by atoms with van der Waals surface area (Å²) in [5.74, 6) is 0.460. The molecule has 0 saturated heterocycles. The monoisotopic (exact) mass is 234 g/mol. The van der Waals surface area contributed by atoms with Gasteiger partial charge in [0.1, 0.15) is 0 Å². The van der Waals surface area contributed by atoms with Crippen molar-refractivity contribution in [1.29, 1.82) is 0 Å². The van der Waals surface area contributed by atoms with E-state index in [0.29, 0.717) is 12.5 Å². The van der Waals surface area contributed by atoms with Crippen LogP contribution in [0.5, 0.6) is 0 Å². The van der Waals surface area contributed by atoms with Crippen LogP contribution in [0.1, 0.15) is 25.8 Å². The van der Waals surface area contributed by atoms with Gasteiger partial charge in [0, 0.05) is 13.6 Å². The second kappa shape index (κ2) is 6.40. The Morgan fingerprint density at radius 2 is 1.88 bits per heavy atom. The van der Waals surface area contributed by atoms with Gasteiger partial charge in [-0.2, -0.15) is 0 Å². The van der Waals surface area contributed by atoms with Crippen LogP contribution in [0.2, 0.25) is 0 Å². The highest BCUT2D eigenvalue weighted by Crippen LogP contribution is 2.08. The smallest absolute Gasteiger partial charge is 0.239 e. The summed E-state index contributed by atoms with van der Waals surface area (Å²) < 4.78 is 0. The Morgan fingerprint density at radius 1 is 1.29 bits per heavy atom. The lowest BCUT2D eigenvalue weighted by Crippen LogP contribution is -2.42. The predicted octanol–water partition coefficient (Wildman–Crippen LogP) is 2.02. The highest BCUT2D eigenvalue weighted by Gasteiger charge is 2.18. The predicted molar refractivity (Wildman–Crippen MR) is 70.3 cm³/mol. The number of rotatable bonds is 5. The van der Waals surface area contributed by atoms with Crippen molar-refractivity contribution < 1.29 is 4.79 Å². The molecule has 0 unspecified atom stereocenters. The summed E-state index contributed by atoms with van der Waals surface area (Å²) in [5, 5.41) is 0. The van der Waals surface area contributed by atoms with E-state index in [4.69, 9.17) is 5.73 Å². The van der Waals surface area contributed by atoms with E-state index in [1.54, 1.807) is 11.9 Å². The van der Waals surface area contributed by atoms with Gasteiger partial charge in [-0.25, -0.2) is 0 Å². The average molecular weight is 234 g/mol. The standard InChI is InChI=1S/C14H22N2O/c1-11(2)9-13(15)14(17)16(3)10-12-7-5-4-6-8-12/h4-8,11,13H,9-10,15H2,1-3H3/t13-/m1/s1. The van der Waals surface area contributed by atoms with Crippen molar-refractivity contribution in [2.75, 3.05) is 7.05 Å². The van der Waals surface area contributed by atoms with E-state index in [1.165, 1.54) is 0 Å². The Hall–Kier alpha value is -1.35. The molecule has 1 aromatic rings. The molecule has 17 heavy (non-hydrogen) atoms. The van der Waals surface area contributed by atoms with Crippen LogP contribution in [-0.4, -0.2) is 23.9 Å². The summed E-state index contributed by atoms with van der Waals surface area (Å²) in [6, 6.07) is 9.55. The lowest BCUT2D eigenvalue weighted by molar-refractivity contribution is -0.132. The second-order valence-corrected chi connectivity index (χ2v) is 4.92. The molecule has 0 aliphatic heterocycles. The van der Waals surface area contributed by atoms with Crippen molar-refractivity contribution in [1.82, 2.24) is 4.90 Å². The minimum Gasteiger partial charge on any atom is -0.340 e. The van der Waals surface area contributed by atoms with Gasteiger partial charge in [-0.05, 0) is 17.9 Å². The van der Waals surface area contributed by atoms with Crippen molar-refractivity contribution >= 4 is 5.91 Å². The third kappa shape index (κ3) is 4.57. The summed E-state index contributed by atoms with van der Waals surface area (Å²) in [6.07, 6.45) is 0.734. The lowest BCUT2D eigenvalue weighted by atomic mass is 10.0. The highest BCUT2D eigenvalue weighted by molar-refractivity contribution is 5.81. The van der Waals surface area contributed by atoms with Gasteiger partial charge in [-0.15, -0.1) is 0 Å². The molecular weight excluding hydrogens is 212 g/mol. The minimum absolute atomic E-state index is 0.0163. The Balaban J connectivity index is 2.52. The first kappa shape index (κ1) is 13.7. The molecule has 0 spiro atoms. The van der Waals surface area contributed by atoms with E-state index in [-0.39, 0.29) is 11.9 Å². The van der Waals surface area contributed by atoms with Gasteiger partial charge in [0.15, 0.2) is 0 Å². The number of carbonyl (C=O) groups is 1. The molecule has 3 nitrogen and oxygen atoms in total. The van der Waals surface area contributed by atoms with E-state index in [9.17, 15) is 4.79 Å². The fourth-order valence-electron chi connectivity index (χ4n) is 1.83. The minimum atomic E-state index is -0.385. The number of amides is 1. The molecule has 1 rings (SSSR count). The van der Waals surface area contributed by atoms with Gasteiger partial charge in [0.25, 0.3) is 0 Å². The van der Waals surface area contributed by atoms with Crippen molar-refractivity contribution in [3.63, 3.8) is 0 Å². The first-order chi connectivity index (χ1) is 8.00. The number of nitrogens with zero attached hydrogens (tertiary/aromatic N) is 1. The van der Waals surface area contributed by atoms with Crippen molar-refractivity contribution in [3.8, 4) is 0 Å². The van der Waals surface area contributed by atoms with Crippen LogP contribution in [0.4, 0.5) is 0 Å². The molecule has 0 radical (unpaired) electrons. The molecule has 0 aliphatic carbocycles. The maximum Gasteiger partial charge on any atom is 0.239 e. The molecule has 0 heterocycles. The number of benzene rings is 1. The molecule has 3 heteroatoms. The molecule has 0 bridgehead atoms. The fraction of sp³-hybridized carbons (Fsp3) is 0.500. The van der Waals surface area contributed by atoms with Crippen LogP contribution in [0.3, 0.4) is 0 Å². The van der Waals surface area contributed by atoms with Crippen molar-refractivity contribution in [3.05, 3.63) is 35.9 Å². The van der Waals surface area contributed by atoms with E-state index in [0.717, 1.165) is 12.0 Å². The van der Waals surface area contributed by atoms with Gasteiger partial charge >= 0.3 is 0 Å². The lowest BCUT2D eigenvalue weighted by Gasteiger charge is -2.22. The zero-order chi connectivity index (χ0) is 12.8. The number of likely N-dealkylation sites (N-methyl/N-ethyl adjacent to an activating group) is 1. The highest BCUT2D eigenvalue weighted by atomic mass is 16.2. The van der Waals surface area contributed by atoms with Crippen LogP contribution < -0.4 is 5.73 Å². The van der Waals surface area contributed by atoms with Gasteiger partial charge < -0.3 is 10.6 Å². The third-order valence-corrected chi connectivity index (χ3v) is 2.68. The first-order valence-corrected chi connectivity index (χ1v) is 6.05. The SMILES string of the molecule is CC(C)C[C@@H](N)C(=O)N(C)Cc1ccccc1. The van der Waals surface area contributed by atoms with E-state index >= 15 is 0 Å². The van der Waals surface area contributed by atoms with E-state index in [1.807, 2.05) is 30.3 Å². The van der Waals surface area contributed by atoms with Gasteiger partial charge in [-0.3, -0.25) is 4.79 Å². The maximum atomic E-state index is 12.0. The normalized spacial score (nSPS) is 12.5. The van der Waals surface area contributed by atoms with Crippen LogP contribution in [0.25, 0.3) is 0 Å². The molecule has 0 saturated carbocycles. The number of carbonyl (C=O) groups excluding carboxylic acids is 1. The summed E-state index contributed by atoms with van der Waals surface area (Å²) in [4.78, 5) is 13.7. The second-order valence-electron chi connectivity index (χ2n) is 4.92. The van der Waals surface area contributed by atoms with E-state index in [2.05, 4.69) is 13.8 Å². The van der Waals surface area contributed by atoms with Crippen molar-refractivity contribution in [2.24, 2.45) is 11.7 Å². The average Bonchev–Trinajstić information content (AvgIpc) is 2.28. The summed E-state index contributed by atoms with van der Waals surface area (Å²) >= 11 is 0. The zero-order valence-electron chi connectivity index (χ0n) is 10.9. The Labute approximate surface area is 104 Å². The number of nitrogens with two attached hydrogens (primary N) is 1. The van der Waals surface area contributed by atoms with Crippen molar-refractivity contribution in [2.45, 2.75) is 32.9 Å². The molecule has 2 N–H and O–H groups in total. The molecule has 0 aliphatic rings. The zero-order valence-corrected chi connectivity index (χ0v) is 10.9. The fourth-order valence-corrected chi connectivity index (χ4v) is 1.83. The third-order valence-electron chi connectivity index (χ3n) is 2.68. The largest absolute Gasteiger partial charge is 0.340 e. The maximum absolute atomic E-state index is 12.0. The Bertz CT molecular complexity index is 348. The molecule has 94 valence electrons. The Morgan fingerprint density at radius 3 is 2.41 bits per heavy atom. The van der Waals surface area contributed by atoms with Crippen LogP contribution >= 0.6 is 0 Å². The topological polar surface area (TPSA) is 46.3 Å². The summed E-state index contributed by atoms with van der Waals surface area (Å²) in [7, 11) is 1.80. The molecule has 0 aromatic heterocycles. The summed E-state index contributed by atoms with van der Waals surface area (Å²) in [6.45, 7) is 4.76. The van der Waals surface area contributed by atoms with Gasteiger partial charge in [-0.1, -0.05) is 44.2 Å². The van der Waals surface area contributed by atoms with Crippen LogP contribution in [-0.2, 0) is 11.3 Å². The van der Waals surface area contributed by atoms with Crippen LogP contribution in [0.15, 0.2) is 30.3 Å². The molecule has 1 amide bonds. The first-order valence-electron chi connectivity index (χ1n) is 6.05. The van der Waals surface area contributed by atoms with Gasteiger partial charge in [0.2, 0.25) is 5.91 Å². The Kier molecular flexibility index (Phi) is 5.16. The van der Waals surface area contributed by atoms with E-state index < -0.39 is 0 Å². The molecule has 0 fully saturated rings. The molecule has 1 atom stereocenters. The van der Waals surface area contributed by atoms with Gasteiger partial charge in [0.05, 0.1) is 6.04 Å².